The van der Waals surface area contributed by atoms with Gasteiger partial charge >= 0.3 is 0 Å². The second-order valence-corrected chi connectivity index (χ2v) is 4.21. The SMILES string of the molecule is O=C1CC(c2ccc(Cl)s2)N1. The number of halogens is 1. The number of rotatable bonds is 1. The average Bonchev–Trinajstić information content (AvgIpc) is 2.29. The minimum Gasteiger partial charge on any atom is -0.348 e. The van der Waals surface area contributed by atoms with Crippen molar-refractivity contribution in [1.29, 1.82) is 0 Å². The van der Waals surface area contributed by atoms with Gasteiger partial charge in [0, 0.05) is 4.88 Å². The molecular weight excluding hydrogens is 182 g/mol. The van der Waals surface area contributed by atoms with Gasteiger partial charge in [-0.3, -0.25) is 4.79 Å². The van der Waals surface area contributed by atoms with Gasteiger partial charge in [0.25, 0.3) is 0 Å². The number of carbonyl (C=O) groups is 1. The van der Waals surface area contributed by atoms with Gasteiger partial charge in [-0.25, -0.2) is 0 Å². The second kappa shape index (κ2) is 2.50. The highest BCUT2D eigenvalue weighted by Gasteiger charge is 2.27. The number of thiophene rings is 1. The van der Waals surface area contributed by atoms with Crippen LogP contribution in [0, 0.1) is 0 Å². The van der Waals surface area contributed by atoms with E-state index in [1.165, 1.54) is 11.3 Å². The Balaban J connectivity index is 2.12. The molecule has 2 rings (SSSR count). The van der Waals surface area contributed by atoms with E-state index in [4.69, 9.17) is 11.6 Å². The number of β-lactam (4-membered cyclic amide) rings is 1. The molecule has 1 aliphatic rings. The van der Waals surface area contributed by atoms with Crippen molar-refractivity contribution in [3.63, 3.8) is 0 Å². The van der Waals surface area contributed by atoms with Gasteiger partial charge in [-0.2, -0.15) is 0 Å². The third-order valence-electron chi connectivity index (χ3n) is 1.66. The van der Waals surface area contributed by atoms with Crippen LogP contribution in [0.2, 0.25) is 4.34 Å². The third kappa shape index (κ3) is 1.26. The molecule has 1 unspecified atom stereocenters. The zero-order chi connectivity index (χ0) is 7.84. The molecule has 1 N–H and O–H groups in total. The zero-order valence-electron chi connectivity index (χ0n) is 5.63. The summed E-state index contributed by atoms with van der Waals surface area (Å²) in [5.74, 6) is 0.125. The van der Waals surface area contributed by atoms with Crippen molar-refractivity contribution >= 4 is 28.8 Å². The fourth-order valence-corrected chi connectivity index (χ4v) is 2.16. The first-order chi connectivity index (χ1) is 5.25. The quantitative estimate of drug-likeness (QED) is 0.670. The highest BCUT2D eigenvalue weighted by molar-refractivity contribution is 7.16. The predicted octanol–water partition coefficient (Wildman–Crippen LogP) is 1.96. The lowest BCUT2D eigenvalue weighted by molar-refractivity contribution is -0.128. The molecule has 2 nitrogen and oxygen atoms in total. The molecule has 4 heteroatoms. The Morgan fingerprint density at radius 2 is 2.36 bits per heavy atom. The van der Waals surface area contributed by atoms with E-state index < -0.39 is 0 Å². The zero-order valence-corrected chi connectivity index (χ0v) is 7.21. The summed E-state index contributed by atoms with van der Waals surface area (Å²) in [5, 5.41) is 2.79. The van der Waals surface area contributed by atoms with Gasteiger partial charge in [-0.05, 0) is 12.1 Å². The summed E-state index contributed by atoms with van der Waals surface area (Å²) < 4.78 is 0.779. The molecule has 1 atom stereocenters. The lowest BCUT2D eigenvalue weighted by Crippen LogP contribution is -2.40. The number of amides is 1. The largest absolute Gasteiger partial charge is 0.348 e. The second-order valence-electron chi connectivity index (χ2n) is 2.47. The van der Waals surface area contributed by atoms with Gasteiger partial charge in [-0.15, -0.1) is 11.3 Å². The number of nitrogens with one attached hydrogen (secondary N) is 1. The highest BCUT2D eigenvalue weighted by Crippen LogP contribution is 2.31. The van der Waals surface area contributed by atoms with Gasteiger partial charge in [0.2, 0.25) is 5.91 Å². The summed E-state index contributed by atoms with van der Waals surface area (Å²) in [6, 6.07) is 4.03. The molecule has 0 spiro atoms. The molecule has 1 fully saturated rings. The van der Waals surface area contributed by atoms with E-state index in [1.807, 2.05) is 12.1 Å². The Kier molecular flexibility index (Phi) is 1.62. The van der Waals surface area contributed by atoms with E-state index in [9.17, 15) is 4.79 Å². The van der Waals surface area contributed by atoms with E-state index in [0.717, 1.165) is 9.21 Å². The third-order valence-corrected chi connectivity index (χ3v) is 3.01. The fourth-order valence-electron chi connectivity index (χ4n) is 1.05. The molecule has 11 heavy (non-hydrogen) atoms. The summed E-state index contributed by atoms with van der Waals surface area (Å²) in [6.07, 6.45) is 0.608. The number of carbonyl (C=O) groups excluding carboxylic acids is 1. The molecule has 2 heterocycles. The Bertz CT molecular complexity index is 288. The fraction of sp³-hybridized carbons (Fsp3) is 0.286. The van der Waals surface area contributed by atoms with Crippen LogP contribution in [0.15, 0.2) is 12.1 Å². The van der Waals surface area contributed by atoms with Crippen LogP contribution in [0.25, 0.3) is 0 Å². The van der Waals surface area contributed by atoms with Crippen LogP contribution in [-0.2, 0) is 4.79 Å². The lowest BCUT2D eigenvalue weighted by Gasteiger charge is -2.25. The Labute approximate surface area is 73.2 Å². The molecule has 1 aromatic heterocycles. The van der Waals surface area contributed by atoms with Crippen molar-refractivity contribution in [3.8, 4) is 0 Å². The molecule has 1 saturated heterocycles. The van der Waals surface area contributed by atoms with Gasteiger partial charge in [-0.1, -0.05) is 11.6 Å². The maximum atomic E-state index is 10.6. The molecule has 1 aromatic rings. The van der Waals surface area contributed by atoms with Gasteiger partial charge in [0.15, 0.2) is 0 Å². The van der Waals surface area contributed by atoms with Crippen LogP contribution in [-0.4, -0.2) is 5.91 Å². The molecule has 0 aliphatic carbocycles. The summed E-state index contributed by atoms with van der Waals surface area (Å²) in [6.45, 7) is 0. The van der Waals surface area contributed by atoms with Gasteiger partial charge < -0.3 is 5.32 Å². The Hall–Kier alpha value is -0.540. The van der Waals surface area contributed by atoms with Gasteiger partial charge in [0.1, 0.15) is 0 Å². The van der Waals surface area contributed by atoms with Gasteiger partial charge in [0.05, 0.1) is 16.8 Å². The molecule has 58 valence electrons. The minimum atomic E-state index is 0.125. The van der Waals surface area contributed by atoms with Crippen LogP contribution in [0.3, 0.4) is 0 Å². The van der Waals surface area contributed by atoms with E-state index in [-0.39, 0.29) is 11.9 Å². The maximum absolute atomic E-state index is 10.6. The summed E-state index contributed by atoms with van der Waals surface area (Å²) >= 11 is 7.25. The normalized spacial score (nSPS) is 22.6. The summed E-state index contributed by atoms with van der Waals surface area (Å²) in [5.41, 5.74) is 0. The van der Waals surface area contributed by atoms with Crippen molar-refractivity contribution in [2.24, 2.45) is 0 Å². The maximum Gasteiger partial charge on any atom is 0.222 e. The Morgan fingerprint density at radius 1 is 1.64 bits per heavy atom. The van der Waals surface area contributed by atoms with E-state index in [2.05, 4.69) is 5.32 Å². The predicted molar refractivity (Wildman–Crippen MR) is 44.8 cm³/mol. The van der Waals surface area contributed by atoms with E-state index in [0.29, 0.717) is 6.42 Å². The first kappa shape index (κ1) is 7.13. The molecule has 1 aliphatic heterocycles. The van der Waals surface area contributed by atoms with Crippen LogP contribution in [0.4, 0.5) is 0 Å². The first-order valence-corrected chi connectivity index (χ1v) is 4.50. The molecule has 0 aromatic carbocycles. The Morgan fingerprint density at radius 3 is 2.82 bits per heavy atom. The standard InChI is InChI=1S/C7H6ClNOS/c8-6-2-1-5(11-6)4-3-7(10)9-4/h1-2,4H,3H2,(H,9,10). The van der Waals surface area contributed by atoms with Crippen molar-refractivity contribution in [1.82, 2.24) is 5.32 Å². The highest BCUT2D eigenvalue weighted by atomic mass is 35.5. The topological polar surface area (TPSA) is 29.1 Å². The summed E-state index contributed by atoms with van der Waals surface area (Å²) in [4.78, 5) is 11.7. The van der Waals surface area contributed by atoms with E-state index >= 15 is 0 Å². The summed E-state index contributed by atoms with van der Waals surface area (Å²) in [7, 11) is 0. The van der Waals surface area contributed by atoms with Crippen molar-refractivity contribution in [2.45, 2.75) is 12.5 Å². The van der Waals surface area contributed by atoms with Crippen LogP contribution < -0.4 is 5.32 Å². The lowest BCUT2D eigenvalue weighted by atomic mass is 10.1. The average molecular weight is 188 g/mol. The van der Waals surface area contributed by atoms with Crippen molar-refractivity contribution in [2.75, 3.05) is 0 Å². The van der Waals surface area contributed by atoms with Crippen molar-refractivity contribution in [3.05, 3.63) is 21.3 Å². The number of hydrogen-bond acceptors (Lipinski definition) is 2. The molecule has 0 saturated carbocycles. The molecule has 1 amide bonds. The number of hydrogen-bond donors (Lipinski definition) is 1. The molecular formula is C7H6ClNOS. The van der Waals surface area contributed by atoms with Crippen molar-refractivity contribution < 1.29 is 4.79 Å². The van der Waals surface area contributed by atoms with Crippen LogP contribution >= 0.6 is 22.9 Å². The smallest absolute Gasteiger partial charge is 0.222 e. The molecule has 0 radical (unpaired) electrons. The first-order valence-electron chi connectivity index (χ1n) is 3.30. The molecule has 0 bridgehead atoms. The van der Waals surface area contributed by atoms with E-state index in [1.54, 1.807) is 0 Å². The monoisotopic (exact) mass is 187 g/mol. The van der Waals surface area contributed by atoms with Crippen LogP contribution in [0.5, 0.6) is 0 Å². The minimum absolute atomic E-state index is 0.125. The van der Waals surface area contributed by atoms with Crippen LogP contribution in [0.1, 0.15) is 17.3 Å².